The first-order valence-corrected chi connectivity index (χ1v) is 12.6. The molecule has 0 radical (unpaired) electrons. The molecule has 3 heterocycles. The van der Waals surface area contributed by atoms with Crippen molar-refractivity contribution in [1.29, 1.82) is 0 Å². The summed E-state index contributed by atoms with van der Waals surface area (Å²) in [6.07, 6.45) is 3.22. The Hall–Kier alpha value is -2.39. The van der Waals surface area contributed by atoms with Gasteiger partial charge in [0.25, 0.3) is 0 Å². The molecule has 0 fully saturated rings. The van der Waals surface area contributed by atoms with E-state index in [2.05, 4.69) is 32.7 Å². The predicted octanol–water partition coefficient (Wildman–Crippen LogP) is 3.41. The Bertz CT molecular complexity index is 1380. The van der Waals surface area contributed by atoms with Crippen molar-refractivity contribution in [2.45, 2.75) is 44.5 Å². The lowest BCUT2D eigenvalue weighted by atomic mass is 9.96. The first-order chi connectivity index (χ1) is 14.2. The van der Waals surface area contributed by atoms with E-state index >= 15 is 0 Å². The van der Waals surface area contributed by atoms with Crippen LogP contribution in [-0.2, 0) is 28.6 Å². The molecule has 30 heavy (non-hydrogen) atoms. The molecule has 0 aliphatic rings. The highest BCUT2D eigenvalue weighted by atomic mass is 32.2. The second kappa shape index (κ2) is 7.39. The van der Waals surface area contributed by atoms with E-state index in [4.69, 9.17) is 10.1 Å². The monoisotopic (exact) mass is 443 g/mol. The minimum Gasteiger partial charge on any atom is -0.296 e. The molecule has 0 saturated heterocycles. The van der Waals surface area contributed by atoms with Crippen LogP contribution in [-0.4, -0.2) is 44.7 Å². The molecule has 0 aliphatic carbocycles. The average Bonchev–Trinajstić information content (AvgIpc) is 3.28. The maximum absolute atomic E-state index is 13.2. The molecule has 0 aliphatic heterocycles. The Kier molecular flexibility index (Phi) is 5.14. The first kappa shape index (κ1) is 20.9. The summed E-state index contributed by atoms with van der Waals surface area (Å²) >= 11 is 0. The van der Waals surface area contributed by atoms with E-state index in [1.165, 1.54) is 11.1 Å². The number of hydrogen-bond donors (Lipinski definition) is 0. The van der Waals surface area contributed by atoms with Crippen molar-refractivity contribution in [1.82, 2.24) is 24.3 Å². The first-order valence-electron chi connectivity index (χ1n) is 9.71. The van der Waals surface area contributed by atoms with Crippen molar-refractivity contribution < 1.29 is 8.42 Å². The van der Waals surface area contributed by atoms with Gasteiger partial charge < -0.3 is 0 Å². The van der Waals surface area contributed by atoms with Crippen LogP contribution in [0.5, 0.6) is 0 Å². The zero-order chi connectivity index (χ0) is 21.9. The smallest absolute Gasteiger partial charge is 0.233 e. The van der Waals surface area contributed by atoms with Gasteiger partial charge in [-0.15, -0.1) is 0 Å². The number of hydrogen-bond acceptors (Lipinski definition) is 5. The van der Waals surface area contributed by atoms with Crippen LogP contribution in [0.4, 0.5) is 0 Å². The quantitative estimate of drug-likeness (QED) is 0.483. The molecular weight excluding hydrogens is 418 g/mol. The molecule has 0 saturated carbocycles. The summed E-state index contributed by atoms with van der Waals surface area (Å²) in [5.41, 5.74) is 6.71. The van der Waals surface area contributed by atoms with Crippen LogP contribution in [0.2, 0.25) is 0 Å². The molecule has 2 atom stereocenters. The molecule has 1 aromatic carbocycles. The lowest BCUT2D eigenvalue weighted by Gasteiger charge is -2.11. The Morgan fingerprint density at radius 1 is 1.03 bits per heavy atom. The van der Waals surface area contributed by atoms with Crippen LogP contribution >= 0.6 is 0 Å². The fraction of sp³-hybridized carbons (Fsp3) is 0.381. The Morgan fingerprint density at radius 2 is 1.70 bits per heavy atom. The van der Waals surface area contributed by atoms with E-state index in [-0.39, 0.29) is 0 Å². The summed E-state index contributed by atoms with van der Waals surface area (Å²) in [7, 11) is -0.527. The summed E-state index contributed by atoms with van der Waals surface area (Å²) in [5.74, 6) is 1.02. The van der Waals surface area contributed by atoms with E-state index in [0.717, 1.165) is 22.0 Å². The van der Waals surface area contributed by atoms with E-state index in [1.807, 2.05) is 18.5 Å². The van der Waals surface area contributed by atoms with Gasteiger partial charge in [-0.3, -0.25) is 13.0 Å². The van der Waals surface area contributed by atoms with Gasteiger partial charge in [0.05, 0.1) is 32.0 Å². The second-order valence-corrected chi connectivity index (χ2v) is 10.5. The van der Waals surface area contributed by atoms with Gasteiger partial charge in [0.15, 0.2) is 5.65 Å². The van der Waals surface area contributed by atoms with Crippen LogP contribution in [0.3, 0.4) is 0 Å². The van der Waals surface area contributed by atoms with Crippen LogP contribution in [0.25, 0.3) is 28.0 Å². The highest BCUT2D eigenvalue weighted by Crippen LogP contribution is 2.34. The standard InChI is InChI=1S/C21H25N5O2S2/c1-8-30(28)20-17-13(4)11(2)12(3)14(5)18(17)24-26(20)21-23-16-9-15(29(7)27)10-22-19(16)25(21)6/h9-10H,8H2,1-7H3. The molecule has 0 amide bonds. The van der Waals surface area contributed by atoms with Gasteiger partial charge in [-0.2, -0.15) is 9.78 Å². The van der Waals surface area contributed by atoms with Crippen molar-refractivity contribution in [2.75, 3.05) is 12.0 Å². The number of imidazole rings is 1. The lowest BCUT2D eigenvalue weighted by molar-refractivity contribution is 0.664. The van der Waals surface area contributed by atoms with Crippen molar-refractivity contribution in [3.8, 4) is 5.95 Å². The molecular formula is C21H25N5O2S2. The molecule has 0 bridgehead atoms. The molecule has 7 nitrogen and oxygen atoms in total. The number of nitrogens with zero attached hydrogens (tertiary/aromatic N) is 5. The fourth-order valence-electron chi connectivity index (χ4n) is 3.81. The van der Waals surface area contributed by atoms with Gasteiger partial charge in [-0.1, -0.05) is 6.92 Å². The molecule has 0 spiro atoms. The molecule has 158 valence electrons. The van der Waals surface area contributed by atoms with Crippen molar-refractivity contribution in [3.63, 3.8) is 0 Å². The third-order valence-electron chi connectivity index (χ3n) is 5.92. The van der Waals surface area contributed by atoms with Crippen LogP contribution in [0.1, 0.15) is 29.2 Å². The Labute approximate surface area is 180 Å². The Balaban J connectivity index is 2.12. The maximum Gasteiger partial charge on any atom is 0.233 e. The van der Waals surface area contributed by atoms with E-state index in [1.54, 1.807) is 23.2 Å². The zero-order valence-corrected chi connectivity index (χ0v) is 19.9. The zero-order valence-electron chi connectivity index (χ0n) is 18.2. The molecule has 2 unspecified atom stereocenters. The molecule has 3 aromatic heterocycles. The van der Waals surface area contributed by atoms with Crippen molar-refractivity contribution >= 4 is 43.7 Å². The van der Waals surface area contributed by atoms with Crippen molar-refractivity contribution in [3.05, 3.63) is 34.5 Å². The third kappa shape index (κ3) is 2.94. The van der Waals surface area contributed by atoms with Crippen molar-refractivity contribution in [2.24, 2.45) is 7.05 Å². The number of benzene rings is 1. The fourth-order valence-corrected chi connectivity index (χ4v) is 5.35. The number of aromatic nitrogens is 5. The highest BCUT2D eigenvalue weighted by Gasteiger charge is 2.25. The minimum atomic E-state index is -1.24. The van der Waals surface area contributed by atoms with Gasteiger partial charge >= 0.3 is 0 Å². The second-order valence-electron chi connectivity index (χ2n) is 7.51. The minimum absolute atomic E-state index is 0.480. The Morgan fingerprint density at radius 3 is 2.33 bits per heavy atom. The highest BCUT2D eigenvalue weighted by molar-refractivity contribution is 7.85. The summed E-state index contributed by atoms with van der Waals surface area (Å²) in [5, 5.41) is 6.48. The van der Waals surface area contributed by atoms with Gasteiger partial charge in [0, 0.05) is 30.6 Å². The van der Waals surface area contributed by atoms with E-state index in [9.17, 15) is 8.42 Å². The summed E-state index contributed by atoms with van der Waals surface area (Å²) in [6.45, 7) is 10.2. The number of rotatable bonds is 4. The number of fused-ring (bicyclic) bond motifs is 2. The van der Waals surface area contributed by atoms with Gasteiger partial charge in [0.2, 0.25) is 5.95 Å². The van der Waals surface area contributed by atoms with Gasteiger partial charge in [-0.05, 0) is 56.0 Å². The third-order valence-corrected chi connectivity index (χ3v) is 8.14. The van der Waals surface area contributed by atoms with Gasteiger partial charge in [0.1, 0.15) is 10.5 Å². The number of aryl methyl sites for hydroxylation is 3. The summed E-state index contributed by atoms with van der Waals surface area (Å²) < 4.78 is 28.6. The summed E-state index contributed by atoms with van der Waals surface area (Å²) in [4.78, 5) is 9.80. The SMILES string of the molecule is CCS(=O)c1c2c(C)c(C)c(C)c(C)c2nn1-c1nc2cc(S(C)=O)cnc2n1C. The topological polar surface area (TPSA) is 82.7 Å². The summed E-state index contributed by atoms with van der Waals surface area (Å²) in [6, 6.07) is 1.78. The van der Waals surface area contributed by atoms with Crippen LogP contribution in [0.15, 0.2) is 22.2 Å². The normalized spacial score (nSPS) is 14.0. The molecule has 0 N–H and O–H groups in total. The molecule has 4 aromatic rings. The van der Waals surface area contributed by atoms with E-state index in [0.29, 0.717) is 32.8 Å². The van der Waals surface area contributed by atoms with E-state index < -0.39 is 21.6 Å². The predicted molar refractivity (Wildman–Crippen MR) is 121 cm³/mol. The average molecular weight is 444 g/mol. The van der Waals surface area contributed by atoms with Crippen LogP contribution in [0, 0.1) is 27.7 Å². The molecule has 9 heteroatoms. The lowest BCUT2D eigenvalue weighted by Crippen LogP contribution is -2.11. The van der Waals surface area contributed by atoms with Crippen LogP contribution < -0.4 is 0 Å². The maximum atomic E-state index is 13.2. The number of pyridine rings is 1. The molecule has 4 rings (SSSR count). The van der Waals surface area contributed by atoms with Gasteiger partial charge in [-0.25, -0.2) is 9.97 Å². The largest absolute Gasteiger partial charge is 0.296 e.